The molecule has 0 radical (unpaired) electrons. The van der Waals surface area contributed by atoms with Crippen molar-refractivity contribution in [2.24, 2.45) is 0 Å². The number of thiophene rings is 1. The minimum absolute atomic E-state index is 0.0687. The fourth-order valence-electron chi connectivity index (χ4n) is 2.59. The Hall–Kier alpha value is -3.19. The summed E-state index contributed by atoms with van der Waals surface area (Å²) >= 11 is 1.33. The van der Waals surface area contributed by atoms with Gasteiger partial charge in [-0.15, -0.1) is 11.3 Å². The molecule has 0 amide bonds. The van der Waals surface area contributed by atoms with Crippen LogP contribution in [0.3, 0.4) is 0 Å². The van der Waals surface area contributed by atoms with Gasteiger partial charge in [-0.05, 0) is 36.1 Å². The summed E-state index contributed by atoms with van der Waals surface area (Å²) in [6, 6.07) is 13.4. The summed E-state index contributed by atoms with van der Waals surface area (Å²) in [5, 5.41) is 5.82. The van der Waals surface area contributed by atoms with Crippen molar-refractivity contribution in [3.8, 4) is 17.1 Å². The normalized spacial score (nSPS) is 10.8. The average molecular weight is 365 g/mol. The SMILES string of the molecule is Cc1ccccc1-c1noc(COC(=O)c2sccc2-n2cccc2)n1. The van der Waals surface area contributed by atoms with Crippen LogP contribution in [0.25, 0.3) is 17.1 Å². The minimum atomic E-state index is -0.417. The van der Waals surface area contributed by atoms with Crippen molar-refractivity contribution in [3.05, 3.63) is 76.6 Å². The highest BCUT2D eigenvalue weighted by molar-refractivity contribution is 7.12. The zero-order valence-electron chi connectivity index (χ0n) is 14.0. The van der Waals surface area contributed by atoms with Crippen molar-refractivity contribution >= 4 is 17.3 Å². The van der Waals surface area contributed by atoms with Crippen molar-refractivity contribution in [3.63, 3.8) is 0 Å². The Morgan fingerprint density at radius 3 is 2.81 bits per heavy atom. The maximum absolute atomic E-state index is 12.4. The number of esters is 1. The van der Waals surface area contributed by atoms with Crippen LogP contribution in [0.1, 0.15) is 21.1 Å². The number of carbonyl (C=O) groups excluding carboxylic acids is 1. The van der Waals surface area contributed by atoms with E-state index in [-0.39, 0.29) is 12.5 Å². The molecule has 0 aliphatic rings. The zero-order valence-corrected chi connectivity index (χ0v) is 14.8. The van der Waals surface area contributed by atoms with Crippen LogP contribution in [0.2, 0.25) is 0 Å². The van der Waals surface area contributed by atoms with Crippen LogP contribution in [0.15, 0.2) is 64.8 Å². The molecule has 3 aromatic heterocycles. The average Bonchev–Trinajstić information content (AvgIpc) is 3.40. The second kappa shape index (κ2) is 6.97. The molecular weight excluding hydrogens is 350 g/mol. The van der Waals surface area contributed by atoms with Gasteiger partial charge in [0.2, 0.25) is 5.82 Å². The standard InChI is InChI=1S/C19H15N3O3S/c1-13-6-2-3-7-14(13)18-20-16(25-21-18)12-24-19(23)17-15(8-11-26-17)22-9-4-5-10-22/h2-11H,12H2,1H3. The molecular formula is C19H15N3O3S. The summed E-state index contributed by atoms with van der Waals surface area (Å²) in [7, 11) is 0. The molecule has 0 saturated heterocycles. The van der Waals surface area contributed by atoms with E-state index >= 15 is 0 Å². The molecule has 4 aromatic rings. The van der Waals surface area contributed by atoms with E-state index in [1.54, 1.807) is 0 Å². The van der Waals surface area contributed by atoms with Crippen LogP contribution >= 0.6 is 11.3 Å². The third kappa shape index (κ3) is 3.16. The molecule has 0 unspecified atom stereocenters. The highest BCUT2D eigenvalue weighted by Gasteiger charge is 2.18. The molecule has 3 heterocycles. The summed E-state index contributed by atoms with van der Waals surface area (Å²) in [6.45, 7) is 1.91. The van der Waals surface area contributed by atoms with Gasteiger partial charge in [0.1, 0.15) is 4.88 Å². The number of hydrogen-bond donors (Lipinski definition) is 0. The number of aryl methyl sites for hydroxylation is 1. The summed E-state index contributed by atoms with van der Waals surface area (Å²) in [6.07, 6.45) is 3.76. The Kier molecular flexibility index (Phi) is 4.37. The Labute approximate surface area is 153 Å². The number of nitrogens with zero attached hydrogens (tertiary/aromatic N) is 3. The predicted octanol–water partition coefficient (Wildman–Crippen LogP) is 4.25. The topological polar surface area (TPSA) is 70.2 Å². The first-order valence-electron chi connectivity index (χ1n) is 7.99. The van der Waals surface area contributed by atoms with E-state index in [9.17, 15) is 4.79 Å². The molecule has 0 saturated carbocycles. The molecule has 6 nitrogen and oxygen atoms in total. The summed E-state index contributed by atoms with van der Waals surface area (Å²) in [5.74, 6) is 0.327. The molecule has 26 heavy (non-hydrogen) atoms. The van der Waals surface area contributed by atoms with Gasteiger partial charge in [-0.2, -0.15) is 4.98 Å². The number of ether oxygens (including phenoxy) is 1. The smallest absolute Gasteiger partial charge is 0.350 e. The van der Waals surface area contributed by atoms with Gasteiger partial charge in [0.05, 0.1) is 5.69 Å². The van der Waals surface area contributed by atoms with Gasteiger partial charge in [0.15, 0.2) is 6.61 Å². The van der Waals surface area contributed by atoms with E-state index in [0.29, 0.717) is 10.7 Å². The van der Waals surface area contributed by atoms with Crippen molar-refractivity contribution in [1.29, 1.82) is 0 Å². The lowest BCUT2D eigenvalue weighted by molar-refractivity contribution is 0.0435. The molecule has 0 aliphatic heterocycles. The molecule has 0 spiro atoms. The first-order valence-corrected chi connectivity index (χ1v) is 8.87. The first kappa shape index (κ1) is 16.3. The van der Waals surface area contributed by atoms with Crippen molar-refractivity contribution in [1.82, 2.24) is 14.7 Å². The van der Waals surface area contributed by atoms with Crippen LogP contribution in [0.5, 0.6) is 0 Å². The second-order valence-corrected chi connectivity index (χ2v) is 6.54. The number of benzene rings is 1. The van der Waals surface area contributed by atoms with E-state index in [2.05, 4.69) is 10.1 Å². The van der Waals surface area contributed by atoms with Crippen molar-refractivity contribution in [2.45, 2.75) is 13.5 Å². The van der Waals surface area contributed by atoms with Gasteiger partial charge in [-0.1, -0.05) is 29.4 Å². The molecule has 0 fully saturated rings. The quantitative estimate of drug-likeness (QED) is 0.494. The van der Waals surface area contributed by atoms with Gasteiger partial charge in [0, 0.05) is 18.0 Å². The van der Waals surface area contributed by atoms with E-state index in [1.165, 1.54) is 11.3 Å². The number of aromatic nitrogens is 3. The summed E-state index contributed by atoms with van der Waals surface area (Å²) in [4.78, 5) is 17.2. The lowest BCUT2D eigenvalue weighted by Gasteiger charge is -2.04. The lowest BCUT2D eigenvalue weighted by Crippen LogP contribution is -2.06. The van der Waals surface area contributed by atoms with E-state index in [0.717, 1.165) is 16.8 Å². The Bertz CT molecular complexity index is 1030. The highest BCUT2D eigenvalue weighted by Crippen LogP contribution is 2.23. The minimum Gasteiger partial charge on any atom is -0.451 e. The zero-order chi connectivity index (χ0) is 17.9. The number of carbonyl (C=O) groups is 1. The molecule has 1 aromatic carbocycles. The van der Waals surface area contributed by atoms with Gasteiger partial charge in [-0.25, -0.2) is 4.79 Å². The second-order valence-electron chi connectivity index (χ2n) is 5.63. The molecule has 0 atom stereocenters. The summed E-state index contributed by atoms with van der Waals surface area (Å²) < 4.78 is 12.4. The maximum atomic E-state index is 12.4. The molecule has 0 N–H and O–H groups in total. The number of hydrogen-bond acceptors (Lipinski definition) is 6. The van der Waals surface area contributed by atoms with Gasteiger partial charge >= 0.3 is 5.97 Å². The highest BCUT2D eigenvalue weighted by atomic mass is 32.1. The molecule has 0 aliphatic carbocycles. The molecule has 0 bridgehead atoms. The summed E-state index contributed by atoms with van der Waals surface area (Å²) in [5.41, 5.74) is 2.73. The van der Waals surface area contributed by atoms with Gasteiger partial charge < -0.3 is 13.8 Å². The number of rotatable bonds is 5. The Morgan fingerprint density at radius 2 is 2.00 bits per heavy atom. The van der Waals surface area contributed by atoms with Crippen LogP contribution in [-0.4, -0.2) is 20.7 Å². The van der Waals surface area contributed by atoms with E-state index in [4.69, 9.17) is 9.26 Å². The fraction of sp³-hybridized carbons (Fsp3) is 0.105. The van der Waals surface area contributed by atoms with E-state index in [1.807, 2.05) is 71.7 Å². The van der Waals surface area contributed by atoms with Gasteiger partial charge in [-0.3, -0.25) is 0 Å². The largest absolute Gasteiger partial charge is 0.451 e. The molecule has 130 valence electrons. The Morgan fingerprint density at radius 1 is 1.19 bits per heavy atom. The van der Waals surface area contributed by atoms with E-state index < -0.39 is 5.97 Å². The lowest BCUT2D eigenvalue weighted by atomic mass is 10.1. The monoisotopic (exact) mass is 365 g/mol. The first-order chi connectivity index (χ1) is 12.7. The fourth-order valence-corrected chi connectivity index (χ4v) is 3.38. The maximum Gasteiger partial charge on any atom is 0.350 e. The van der Waals surface area contributed by atoms with Crippen LogP contribution in [0.4, 0.5) is 0 Å². The molecule has 7 heteroatoms. The van der Waals surface area contributed by atoms with Crippen LogP contribution in [-0.2, 0) is 11.3 Å². The predicted molar refractivity (Wildman–Crippen MR) is 97.2 cm³/mol. The van der Waals surface area contributed by atoms with Crippen molar-refractivity contribution < 1.29 is 14.1 Å². The van der Waals surface area contributed by atoms with Gasteiger partial charge in [0.25, 0.3) is 5.89 Å². The Balaban J connectivity index is 1.46. The third-order valence-electron chi connectivity index (χ3n) is 3.89. The van der Waals surface area contributed by atoms with Crippen LogP contribution < -0.4 is 0 Å². The molecule has 4 rings (SSSR count). The van der Waals surface area contributed by atoms with Crippen molar-refractivity contribution in [2.75, 3.05) is 0 Å². The third-order valence-corrected chi connectivity index (χ3v) is 4.78. The van der Waals surface area contributed by atoms with Crippen LogP contribution in [0, 0.1) is 6.92 Å².